The Balaban J connectivity index is 2.25. The highest BCUT2D eigenvalue weighted by molar-refractivity contribution is 5.62. The predicted octanol–water partition coefficient (Wildman–Crippen LogP) is 1.57. The average molecular weight is 292 g/mol. The molecule has 0 saturated heterocycles. The quantitative estimate of drug-likeness (QED) is 0.631. The van der Waals surface area contributed by atoms with E-state index >= 15 is 0 Å². The second-order valence-electron chi connectivity index (χ2n) is 4.14. The molecule has 0 aliphatic heterocycles. The Morgan fingerprint density at radius 3 is 2.62 bits per heavy atom. The number of benzene rings is 1. The summed E-state index contributed by atoms with van der Waals surface area (Å²) in [6.07, 6.45) is 1.21. The van der Waals surface area contributed by atoms with E-state index in [0.717, 1.165) is 0 Å². The van der Waals surface area contributed by atoms with Crippen molar-refractivity contribution in [1.29, 1.82) is 0 Å². The van der Waals surface area contributed by atoms with Gasteiger partial charge in [0.1, 0.15) is 5.69 Å². The van der Waals surface area contributed by atoms with Gasteiger partial charge in [-0.3, -0.25) is 10.1 Å². The van der Waals surface area contributed by atoms with Crippen LogP contribution in [0.3, 0.4) is 0 Å². The van der Waals surface area contributed by atoms with E-state index in [9.17, 15) is 20.2 Å². The molecule has 2 rings (SSSR count). The molecule has 0 saturated carbocycles. The summed E-state index contributed by atoms with van der Waals surface area (Å²) in [6, 6.07) is 4.70. The lowest BCUT2D eigenvalue weighted by atomic mass is 10.1. The molecule has 0 bridgehead atoms. The summed E-state index contributed by atoms with van der Waals surface area (Å²) in [5, 5.41) is 28.1. The predicted molar refractivity (Wildman–Crippen MR) is 73.0 cm³/mol. The summed E-state index contributed by atoms with van der Waals surface area (Å²) in [5.41, 5.74) is 0.975. The molecule has 0 aliphatic carbocycles. The maximum Gasteiger partial charge on any atom is 0.490 e. The van der Waals surface area contributed by atoms with Crippen molar-refractivity contribution in [3.8, 4) is 0 Å². The van der Waals surface area contributed by atoms with Crippen LogP contribution in [0.4, 0.5) is 17.3 Å². The highest BCUT2D eigenvalue weighted by Crippen LogP contribution is 2.25. The Hall–Kier alpha value is -3.04. The summed E-state index contributed by atoms with van der Waals surface area (Å²) in [7, 11) is 0. The van der Waals surface area contributed by atoms with Crippen LogP contribution in [0, 0.1) is 20.2 Å². The van der Waals surface area contributed by atoms with Crippen molar-refractivity contribution in [3.05, 3.63) is 50.3 Å². The highest BCUT2D eigenvalue weighted by atomic mass is 16.6. The maximum absolute atomic E-state index is 11.0. The molecule has 0 fully saturated rings. The zero-order valence-electron chi connectivity index (χ0n) is 11.1. The monoisotopic (exact) mass is 292 g/mol. The van der Waals surface area contributed by atoms with Crippen LogP contribution in [0.1, 0.15) is 12.5 Å². The Labute approximate surface area is 118 Å². The van der Waals surface area contributed by atoms with Gasteiger partial charge in [-0.25, -0.2) is 0 Å². The number of hydrogen-bond acceptors (Lipinski definition) is 7. The molecule has 1 aromatic carbocycles. The van der Waals surface area contributed by atoms with Gasteiger partial charge in [0.15, 0.2) is 0 Å². The number of nitro benzene ring substituents is 1. The molecule has 0 amide bonds. The largest absolute Gasteiger partial charge is 0.490 e. The van der Waals surface area contributed by atoms with Gasteiger partial charge < -0.3 is 15.4 Å². The molecule has 10 heteroatoms. The third-order valence-electron chi connectivity index (χ3n) is 2.66. The van der Waals surface area contributed by atoms with Crippen LogP contribution in [-0.4, -0.2) is 31.2 Å². The van der Waals surface area contributed by atoms with E-state index in [1.54, 1.807) is 12.1 Å². The van der Waals surface area contributed by atoms with Gasteiger partial charge in [0.2, 0.25) is 6.33 Å². The molecule has 10 nitrogen and oxygen atoms in total. The molecular formula is C11H12N6O4. The van der Waals surface area contributed by atoms with Gasteiger partial charge in [-0.05, 0) is 23.5 Å². The minimum Gasteiger partial charge on any atom is -0.390 e. The van der Waals surface area contributed by atoms with Crippen LogP contribution in [-0.2, 0) is 6.54 Å². The summed E-state index contributed by atoms with van der Waals surface area (Å²) in [4.78, 5) is 23.9. The summed E-state index contributed by atoms with van der Waals surface area (Å²) >= 11 is 0. The van der Waals surface area contributed by atoms with Crippen LogP contribution in [0.15, 0.2) is 24.5 Å². The fourth-order valence-electron chi connectivity index (χ4n) is 1.80. The van der Waals surface area contributed by atoms with Gasteiger partial charge in [0.05, 0.1) is 11.5 Å². The molecule has 2 aromatic rings. The Bertz CT molecular complexity index is 683. The van der Waals surface area contributed by atoms with E-state index in [4.69, 9.17) is 0 Å². The van der Waals surface area contributed by atoms with Crippen molar-refractivity contribution in [2.75, 3.05) is 11.9 Å². The number of aromatic nitrogens is 3. The van der Waals surface area contributed by atoms with Crippen LogP contribution in [0.2, 0.25) is 0 Å². The molecular weight excluding hydrogens is 280 g/mol. The van der Waals surface area contributed by atoms with Crippen LogP contribution in [0.5, 0.6) is 0 Å². The molecule has 0 radical (unpaired) electrons. The van der Waals surface area contributed by atoms with Crippen molar-refractivity contribution in [2.24, 2.45) is 0 Å². The second-order valence-corrected chi connectivity index (χ2v) is 4.14. The molecule has 1 N–H and O–H groups in total. The number of nitrogens with zero attached hydrogens (tertiary/aromatic N) is 5. The van der Waals surface area contributed by atoms with Crippen molar-refractivity contribution in [3.63, 3.8) is 0 Å². The summed E-state index contributed by atoms with van der Waals surface area (Å²) < 4.78 is 1.25. The number of nitro groups is 2. The van der Waals surface area contributed by atoms with Crippen LogP contribution >= 0.6 is 0 Å². The third-order valence-corrected chi connectivity index (χ3v) is 2.66. The normalized spacial score (nSPS) is 10.3. The standard InChI is InChI=1S/C11H12N6O4/c1-2-12-9-4-3-8(5-10(9)16(18)19)6-15-7-13-11(14-15)17(20)21/h3-5,7,12H,2,6H2,1H3. The lowest BCUT2D eigenvalue weighted by Crippen LogP contribution is -2.05. The summed E-state index contributed by atoms with van der Waals surface area (Å²) in [5.74, 6) is -0.506. The van der Waals surface area contributed by atoms with E-state index < -0.39 is 15.8 Å². The van der Waals surface area contributed by atoms with Gasteiger partial charge in [-0.15, -0.1) is 0 Å². The fourth-order valence-corrected chi connectivity index (χ4v) is 1.80. The van der Waals surface area contributed by atoms with Crippen LogP contribution < -0.4 is 5.32 Å². The first-order valence-electron chi connectivity index (χ1n) is 6.06. The zero-order valence-corrected chi connectivity index (χ0v) is 11.1. The van der Waals surface area contributed by atoms with Crippen molar-refractivity contribution < 1.29 is 9.85 Å². The molecule has 1 aromatic heterocycles. The summed E-state index contributed by atoms with van der Waals surface area (Å²) in [6.45, 7) is 2.57. The van der Waals surface area contributed by atoms with Gasteiger partial charge in [-0.1, -0.05) is 11.1 Å². The number of anilines is 1. The molecule has 1 heterocycles. The van der Waals surface area contributed by atoms with E-state index in [0.29, 0.717) is 17.8 Å². The van der Waals surface area contributed by atoms with Crippen molar-refractivity contribution in [1.82, 2.24) is 14.8 Å². The lowest BCUT2D eigenvalue weighted by Gasteiger charge is -2.06. The maximum atomic E-state index is 11.0. The molecule has 21 heavy (non-hydrogen) atoms. The third kappa shape index (κ3) is 3.29. The molecule has 0 atom stereocenters. The number of rotatable bonds is 6. The van der Waals surface area contributed by atoms with E-state index in [2.05, 4.69) is 15.4 Å². The van der Waals surface area contributed by atoms with E-state index in [-0.39, 0.29) is 12.2 Å². The van der Waals surface area contributed by atoms with Gasteiger partial charge >= 0.3 is 5.95 Å². The number of nitrogens with one attached hydrogen (secondary N) is 1. The Morgan fingerprint density at radius 1 is 1.29 bits per heavy atom. The Morgan fingerprint density at radius 2 is 2.05 bits per heavy atom. The molecule has 0 spiro atoms. The van der Waals surface area contributed by atoms with Crippen LogP contribution in [0.25, 0.3) is 0 Å². The first-order chi connectivity index (χ1) is 10.0. The first kappa shape index (κ1) is 14.4. The first-order valence-corrected chi connectivity index (χ1v) is 6.06. The SMILES string of the molecule is CCNc1ccc(Cn2cnc([N+](=O)[O-])n2)cc1[N+](=O)[O-]. The number of hydrogen-bond donors (Lipinski definition) is 1. The van der Waals surface area contributed by atoms with Crippen molar-refractivity contribution in [2.45, 2.75) is 13.5 Å². The van der Waals surface area contributed by atoms with E-state index in [1.165, 1.54) is 17.1 Å². The fraction of sp³-hybridized carbons (Fsp3) is 0.273. The van der Waals surface area contributed by atoms with E-state index in [1.807, 2.05) is 6.92 Å². The molecule has 0 aliphatic rings. The van der Waals surface area contributed by atoms with Gasteiger partial charge in [0, 0.05) is 17.7 Å². The molecule has 0 unspecified atom stereocenters. The minimum absolute atomic E-state index is 0.0519. The van der Waals surface area contributed by atoms with Gasteiger partial charge in [0.25, 0.3) is 5.69 Å². The Kier molecular flexibility index (Phi) is 4.07. The average Bonchev–Trinajstić information content (AvgIpc) is 2.89. The minimum atomic E-state index is -0.701. The second kappa shape index (κ2) is 5.94. The molecule has 110 valence electrons. The van der Waals surface area contributed by atoms with Crippen molar-refractivity contribution >= 4 is 17.3 Å². The lowest BCUT2D eigenvalue weighted by molar-refractivity contribution is -0.394. The highest BCUT2D eigenvalue weighted by Gasteiger charge is 2.17. The zero-order chi connectivity index (χ0) is 15.4. The smallest absolute Gasteiger partial charge is 0.390 e. The van der Waals surface area contributed by atoms with Gasteiger partial charge in [-0.2, -0.15) is 4.68 Å². The topological polar surface area (TPSA) is 129 Å².